The second-order valence-corrected chi connectivity index (χ2v) is 12.6. The second kappa shape index (κ2) is 11.4. The normalized spacial score (nSPS) is 12.2. The molecule has 3 aromatic carbocycles. The van der Waals surface area contributed by atoms with Crippen LogP contribution in [0.5, 0.6) is 0 Å². The average molecular weight is 506 g/mol. The van der Waals surface area contributed by atoms with E-state index in [4.69, 9.17) is 9.47 Å². The van der Waals surface area contributed by atoms with Crippen molar-refractivity contribution in [1.29, 1.82) is 0 Å². The molecule has 1 atom stereocenters. The Hall–Kier alpha value is -3.63. The molecule has 6 nitrogen and oxygen atoms in total. The Balaban J connectivity index is 2.40. The summed E-state index contributed by atoms with van der Waals surface area (Å²) in [7, 11) is 1.26. The van der Waals surface area contributed by atoms with Gasteiger partial charge in [0.25, 0.3) is 0 Å². The summed E-state index contributed by atoms with van der Waals surface area (Å²) < 4.78 is 10.6. The minimum absolute atomic E-state index is 0.00263. The lowest BCUT2D eigenvalue weighted by Crippen LogP contribution is -2.48. The van der Waals surface area contributed by atoms with E-state index < -0.39 is 36.4 Å². The Morgan fingerprint density at radius 1 is 0.750 bits per heavy atom. The van der Waals surface area contributed by atoms with Gasteiger partial charge < -0.3 is 14.8 Å². The molecule has 0 aliphatic rings. The van der Waals surface area contributed by atoms with Gasteiger partial charge in [0.05, 0.1) is 13.2 Å². The van der Waals surface area contributed by atoms with Crippen molar-refractivity contribution in [3.8, 4) is 0 Å². The van der Waals surface area contributed by atoms with Crippen LogP contribution in [0.2, 0.25) is 0 Å². The summed E-state index contributed by atoms with van der Waals surface area (Å²) in [5.41, 5.74) is -0.739. The Labute approximate surface area is 212 Å². The number of hydrogen-bond acceptors (Lipinski definition) is 5. The fourth-order valence-corrected chi connectivity index (χ4v) is 8.46. The molecule has 1 N–H and O–H groups in total. The zero-order chi connectivity index (χ0) is 26.3. The van der Waals surface area contributed by atoms with Gasteiger partial charge in [0, 0.05) is 0 Å². The van der Waals surface area contributed by atoms with Crippen molar-refractivity contribution in [3.05, 3.63) is 91.0 Å². The molecule has 0 saturated heterocycles. The molecule has 0 fully saturated rings. The number of benzene rings is 3. The summed E-state index contributed by atoms with van der Waals surface area (Å²) >= 11 is 0. The van der Waals surface area contributed by atoms with Gasteiger partial charge in [-0.2, -0.15) is 0 Å². The molecule has 0 saturated carbocycles. The molecule has 0 bridgehead atoms. The fraction of sp³-hybridized carbons (Fsp3) is 0.241. The molecule has 36 heavy (non-hydrogen) atoms. The van der Waals surface area contributed by atoms with Crippen LogP contribution in [0.4, 0.5) is 4.79 Å². The molecule has 0 aliphatic carbocycles. The number of carbonyl (C=O) groups excluding carboxylic acids is 3. The van der Waals surface area contributed by atoms with Crippen LogP contribution < -0.4 is 21.2 Å². The topological polar surface area (TPSA) is 81.7 Å². The Bertz CT molecular complexity index is 1160. The number of ketones is 1. The van der Waals surface area contributed by atoms with Crippen molar-refractivity contribution in [3.63, 3.8) is 0 Å². The molecule has 0 spiro atoms. The highest BCUT2D eigenvalue weighted by atomic mass is 31.2. The zero-order valence-corrected chi connectivity index (χ0v) is 22.1. The quantitative estimate of drug-likeness (QED) is 0.300. The lowest BCUT2D eigenvalue weighted by Gasteiger charge is -2.32. The first-order chi connectivity index (χ1) is 17.1. The van der Waals surface area contributed by atoms with Crippen LogP contribution >= 0.6 is 6.89 Å². The summed E-state index contributed by atoms with van der Waals surface area (Å²) in [6.45, 7) is 3.73. The van der Waals surface area contributed by atoms with Crippen molar-refractivity contribution in [2.75, 3.05) is 7.11 Å². The van der Waals surface area contributed by atoms with Crippen LogP contribution in [0, 0.1) is 0 Å². The van der Waals surface area contributed by atoms with Gasteiger partial charge in [0.2, 0.25) is 0 Å². The van der Waals surface area contributed by atoms with Crippen LogP contribution in [-0.4, -0.2) is 41.9 Å². The van der Waals surface area contributed by atoms with Gasteiger partial charge >= 0.3 is 12.1 Å². The van der Waals surface area contributed by atoms with E-state index in [0.717, 1.165) is 15.9 Å². The minimum atomic E-state index is -3.03. The fourth-order valence-electron chi connectivity index (χ4n) is 4.04. The van der Waals surface area contributed by atoms with Crippen molar-refractivity contribution < 1.29 is 23.9 Å². The van der Waals surface area contributed by atoms with E-state index in [-0.39, 0.29) is 5.29 Å². The molecular weight excluding hydrogens is 473 g/mol. The number of esters is 1. The molecule has 1 unspecified atom stereocenters. The van der Waals surface area contributed by atoms with Gasteiger partial charge in [-0.3, -0.25) is 4.79 Å². The molecule has 0 heterocycles. The maximum Gasteiger partial charge on any atom is 0.408 e. The first-order valence-electron chi connectivity index (χ1n) is 11.7. The Morgan fingerprint density at radius 3 is 1.47 bits per heavy atom. The summed E-state index contributed by atoms with van der Waals surface area (Å²) in [4.78, 5) is 40.2. The van der Waals surface area contributed by atoms with Crippen LogP contribution in [-0.2, 0) is 19.1 Å². The van der Waals surface area contributed by atoms with E-state index >= 15 is 0 Å². The number of ether oxygens (including phenoxy) is 2. The zero-order valence-electron chi connectivity index (χ0n) is 21.2. The summed E-state index contributed by atoms with van der Waals surface area (Å²) in [5.74, 6) is -1.26. The maximum atomic E-state index is 14.1. The number of carbonyl (C=O) groups is 3. The lowest BCUT2D eigenvalue weighted by atomic mass is 10.1. The maximum absolute atomic E-state index is 14.1. The minimum Gasteiger partial charge on any atom is -0.465 e. The average Bonchev–Trinajstić information content (AvgIpc) is 2.87. The number of alkyl carbamates (subject to hydrolysis) is 1. The molecule has 0 aromatic heterocycles. The van der Waals surface area contributed by atoms with Gasteiger partial charge in [-0.15, -0.1) is 0 Å². The van der Waals surface area contributed by atoms with E-state index in [9.17, 15) is 14.4 Å². The SMILES string of the molecule is COC(=O)C(C(=O)C(C)NC(=O)OC(C)(C)C)=P(c1ccccc1)(c1ccccc1)c1ccccc1. The highest BCUT2D eigenvalue weighted by Crippen LogP contribution is 2.46. The largest absolute Gasteiger partial charge is 0.465 e. The summed E-state index contributed by atoms with van der Waals surface area (Å²) in [5, 5.41) is 5.06. The number of Topliss-reactive ketones (excluding diaryl/α,β-unsaturated/α-hetero) is 1. The van der Waals surface area contributed by atoms with E-state index in [1.807, 2.05) is 91.0 Å². The molecule has 3 aromatic rings. The predicted molar refractivity (Wildman–Crippen MR) is 146 cm³/mol. The van der Waals surface area contributed by atoms with E-state index in [2.05, 4.69) is 5.32 Å². The van der Waals surface area contributed by atoms with Crippen LogP contribution in [0.1, 0.15) is 27.7 Å². The molecule has 0 radical (unpaired) electrons. The Kier molecular flexibility index (Phi) is 8.54. The van der Waals surface area contributed by atoms with E-state index in [1.165, 1.54) is 7.11 Å². The third-order valence-corrected chi connectivity index (χ3v) is 9.80. The lowest BCUT2D eigenvalue weighted by molar-refractivity contribution is -0.133. The van der Waals surface area contributed by atoms with Gasteiger partial charge in [-0.25, -0.2) is 9.59 Å². The Morgan fingerprint density at radius 2 is 1.14 bits per heavy atom. The van der Waals surface area contributed by atoms with Crippen molar-refractivity contribution in [2.24, 2.45) is 0 Å². The van der Waals surface area contributed by atoms with E-state index in [1.54, 1.807) is 27.7 Å². The standard InChI is InChI=1S/C29H32NO5P/c1-21(30-28(33)35-29(2,3)4)25(31)26(27(32)34-5)36(22-15-9-6-10-16-22,23-17-11-7-12-18-23)24-19-13-8-14-20-24/h6-21H,1-5H3,(H,30,33). The van der Waals surface area contributed by atoms with Crippen LogP contribution in [0.25, 0.3) is 0 Å². The molecule has 3 rings (SSSR count). The van der Waals surface area contributed by atoms with Gasteiger partial charge in [-0.1, -0.05) is 91.0 Å². The number of rotatable bonds is 7. The highest BCUT2D eigenvalue weighted by Gasteiger charge is 2.39. The first kappa shape index (κ1) is 27.0. The molecular formula is C29H32NO5P. The monoisotopic (exact) mass is 505 g/mol. The van der Waals surface area contributed by atoms with E-state index in [0.29, 0.717) is 0 Å². The third kappa shape index (κ3) is 5.77. The number of methoxy groups -OCH3 is 1. The van der Waals surface area contributed by atoms with Gasteiger partial charge in [0.1, 0.15) is 10.9 Å². The van der Waals surface area contributed by atoms with Gasteiger partial charge in [0.15, 0.2) is 5.78 Å². The van der Waals surface area contributed by atoms with Gasteiger partial charge in [-0.05, 0) is 50.5 Å². The number of nitrogens with one attached hydrogen (secondary N) is 1. The van der Waals surface area contributed by atoms with Crippen LogP contribution in [0.15, 0.2) is 91.0 Å². The molecule has 7 heteroatoms. The van der Waals surface area contributed by atoms with Crippen molar-refractivity contribution in [1.82, 2.24) is 5.32 Å². The first-order valence-corrected chi connectivity index (χ1v) is 13.5. The van der Waals surface area contributed by atoms with Crippen molar-refractivity contribution >= 4 is 45.9 Å². The smallest absolute Gasteiger partial charge is 0.408 e. The second-order valence-electron chi connectivity index (χ2n) is 9.25. The number of hydrogen-bond donors (Lipinski definition) is 1. The number of amides is 1. The molecule has 1 amide bonds. The molecule has 188 valence electrons. The third-order valence-electron chi connectivity index (χ3n) is 5.50. The summed E-state index contributed by atoms with van der Waals surface area (Å²) in [6, 6.07) is 27.5. The summed E-state index contributed by atoms with van der Waals surface area (Å²) in [6.07, 6.45) is -0.740. The van der Waals surface area contributed by atoms with Crippen LogP contribution in [0.3, 0.4) is 0 Å². The highest BCUT2D eigenvalue weighted by molar-refractivity contribution is 7.97. The molecule has 0 aliphatic heterocycles. The van der Waals surface area contributed by atoms with Crippen molar-refractivity contribution in [2.45, 2.75) is 39.3 Å². The predicted octanol–water partition coefficient (Wildman–Crippen LogP) is 3.81.